The molecule has 2 rings (SSSR count). The Morgan fingerprint density at radius 1 is 1.09 bits per heavy atom. The predicted octanol–water partition coefficient (Wildman–Crippen LogP) is 4.68. The van der Waals surface area contributed by atoms with Crippen LogP contribution in [0.3, 0.4) is 0 Å². The van der Waals surface area contributed by atoms with Gasteiger partial charge in [-0.3, -0.25) is 4.31 Å². The van der Waals surface area contributed by atoms with E-state index in [-0.39, 0.29) is 11.4 Å². The highest BCUT2D eigenvalue weighted by Gasteiger charge is 2.24. The predicted molar refractivity (Wildman–Crippen MR) is 92.4 cm³/mol. The summed E-state index contributed by atoms with van der Waals surface area (Å²) in [7, 11) is -3.70. The molecule has 2 aromatic carbocycles. The first kappa shape index (κ1) is 16.9. The van der Waals surface area contributed by atoms with Crippen molar-refractivity contribution in [2.75, 3.05) is 10.8 Å². The molecule has 6 heteroatoms. The maximum Gasteiger partial charge on any atom is 0.264 e. The molecule has 3 nitrogen and oxygen atoms in total. The standard InChI is InChI=1S/C16H15Cl2NO2S/c1-3-10-19(13-6-9-15(17)16(18)11-13)22(20,21)14-7-4-12(2)5-8-14/h3-9,11H,1,10H2,2H3. The molecule has 22 heavy (non-hydrogen) atoms. The van der Waals surface area contributed by atoms with Crippen molar-refractivity contribution < 1.29 is 8.42 Å². The first-order valence-electron chi connectivity index (χ1n) is 6.51. The molecule has 0 N–H and O–H groups in total. The van der Waals surface area contributed by atoms with Gasteiger partial charge in [-0.05, 0) is 37.3 Å². The van der Waals surface area contributed by atoms with Crippen LogP contribution in [0.2, 0.25) is 10.0 Å². The summed E-state index contributed by atoms with van der Waals surface area (Å²) in [5.74, 6) is 0. The molecular weight excluding hydrogens is 341 g/mol. The summed E-state index contributed by atoms with van der Waals surface area (Å²) in [5, 5.41) is 0.670. The van der Waals surface area contributed by atoms with Crippen molar-refractivity contribution in [2.45, 2.75) is 11.8 Å². The topological polar surface area (TPSA) is 37.4 Å². The Morgan fingerprint density at radius 2 is 1.73 bits per heavy atom. The average molecular weight is 356 g/mol. The molecule has 116 valence electrons. The van der Waals surface area contributed by atoms with Crippen LogP contribution in [0.4, 0.5) is 5.69 Å². The molecule has 0 fully saturated rings. The Labute approximate surface area is 140 Å². The molecule has 2 aromatic rings. The van der Waals surface area contributed by atoms with Crippen LogP contribution in [-0.2, 0) is 10.0 Å². The van der Waals surface area contributed by atoms with Gasteiger partial charge < -0.3 is 0 Å². The van der Waals surface area contributed by atoms with E-state index in [0.717, 1.165) is 5.56 Å². The van der Waals surface area contributed by atoms with Crippen molar-refractivity contribution in [2.24, 2.45) is 0 Å². The van der Waals surface area contributed by atoms with Gasteiger partial charge in [-0.25, -0.2) is 8.42 Å². The molecule has 0 atom stereocenters. The van der Waals surface area contributed by atoms with Gasteiger partial charge in [0.1, 0.15) is 0 Å². The van der Waals surface area contributed by atoms with Crippen molar-refractivity contribution >= 4 is 38.9 Å². The zero-order chi connectivity index (χ0) is 16.3. The van der Waals surface area contributed by atoms with Crippen molar-refractivity contribution in [3.05, 3.63) is 70.7 Å². The molecule has 0 radical (unpaired) electrons. The number of aryl methyl sites for hydroxylation is 1. The lowest BCUT2D eigenvalue weighted by Gasteiger charge is -2.23. The van der Waals surface area contributed by atoms with E-state index < -0.39 is 10.0 Å². The van der Waals surface area contributed by atoms with Crippen LogP contribution in [0.5, 0.6) is 0 Å². The SMILES string of the molecule is C=CCN(c1ccc(Cl)c(Cl)c1)S(=O)(=O)c1ccc(C)cc1. The smallest absolute Gasteiger partial charge is 0.262 e. The normalized spacial score (nSPS) is 11.2. The van der Waals surface area contributed by atoms with Crippen LogP contribution >= 0.6 is 23.2 Å². The molecule has 0 aromatic heterocycles. The molecule has 0 amide bonds. The van der Waals surface area contributed by atoms with Gasteiger partial charge in [0.2, 0.25) is 0 Å². The highest BCUT2D eigenvalue weighted by molar-refractivity contribution is 7.92. The summed E-state index contributed by atoms with van der Waals surface area (Å²) in [6.45, 7) is 5.65. The van der Waals surface area contributed by atoms with Gasteiger partial charge in [0.25, 0.3) is 10.0 Å². The quantitative estimate of drug-likeness (QED) is 0.730. The number of benzene rings is 2. The molecule has 0 aliphatic heterocycles. The number of nitrogens with zero attached hydrogens (tertiary/aromatic N) is 1. The maximum absolute atomic E-state index is 12.8. The summed E-state index contributed by atoms with van der Waals surface area (Å²) < 4.78 is 26.9. The Balaban J connectivity index is 2.52. The van der Waals surface area contributed by atoms with E-state index in [1.165, 1.54) is 16.4 Å². The van der Waals surface area contributed by atoms with Gasteiger partial charge in [-0.1, -0.05) is 47.0 Å². The summed E-state index contributed by atoms with van der Waals surface area (Å²) in [4.78, 5) is 0.214. The van der Waals surface area contributed by atoms with Crippen LogP contribution in [0.1, 0.15) is 5.56 Å². The monoisotopic (exact) mass is 355 g/mol. The van der Waals surface area contributed by atoms with E-state index in [9.17, 15) is 8.42 Å². The second-order valence-corrected chi connectivity index (χ2v) is 7.41. The fourth-order valence-electron chi connectivity index (χ4n) is 1.94. The molecule has 0 saturated carbocycles. The van der Waals surface area contributed by atoms with E-state index in [1.807, 2.05) is 6.92 Å². The van der Waals surface area contributed by atoms with Gasteiger partial charge >= 0.3 is 0 Å². The maximum atomic E-state index is 12.8. The Kier molecular flexibility index (Phi) is 5.16. The Bertz CT molecular complexity index is 786. The molecule has 0 aliphatic carbocycles. The first-order chi connectivity index (χ1) is 10.4. The van der Waals surface area contributed by atoms with E-state index in [4.69, 9.17) is 23.2 Å². The van der Waals surface area contributed by atoms with E-state index in [1.54, 1.807) is 36.4 Å². The Hall–Kier alpha value is -1.49. The van der Waals surface area contributed by atoms with Crippen molar-refractivity contribution in [1.29, 1.82) is 0 Å². The van der Waals surface area contributed by atoms with Crippen molar-refractivity contribution in [3.8, 4) is 0 Å². The number of rotatable bonds is 5. The summed E-state index contributed by atoms with van der Waals surface area (Å²) in [6, 6.07) is 11.4. The second-order valence-electron chi connectivity index (χ2n) is 4.74. The lowest BCUT2D eigenvalue weighted by atomic mass is 10.2. The minimum Gasteiger partial charge on any atom is -0.262 e. The van der Waals surface area contributed by atoms with Crippen LogP contribution in [-0.4, -0.2) is 15.0 Å². The van der Waals surface area contributed by atoms with Gasteiger partial charge in [-0.15, -0.1) is 6.58 Å². The number of halogens is 2. The van der Waals surface area contributed by atoms with Gasteiger partial charge in [0, 0.05) is 0 Å². The van der Waals surface area contributed by atoms with Crippen LogP contribution in [0.15, 0.2) is 60.0 Å². The largest absolute Gasteiger partial charge is 0.264 e. The lowest BCUT2D eigenvalue weighted by Crippen LogP contribution is -2.31. The third-order valence-corrected chi connectivity index (χ3v) is 5.64. The first-order valence-corrected chi connectivity index (χ1v) is 8.71. The van der Waals surface area contributed by atoms with Gasteiger partial charge in [-0.2, -0.15) is 0 Å². The minimum absolute atomic E-state index is 0.133. The number of anilines is 1. The lowest BCUT2D eigenvalue weighted by molar-refractivity contribution is 0.593. The summed E-state index contributed by atoms with van der Waals surface area (Å²) >= 11 is 11.9. The van der Waals surface area contributed by atoms with Crippen LogP contribution in [0, 0.1) is 6.92 Å². The zero-order valence-electron chi connectivity index (χ0n) is 12.0. The third-order valence-electron chi connectivity index (χ3n) is 3.10. The zero-order valence-corrected chi connectivity index (χ0v) is 14.3. The molecule has 0 bridgehead atoms. The van der Waals surface area contributed by atoms with Crippen LogP contribution in [0.25, 0.3) is 0 Å². The molecule has 0 heterocycles. The molecule has 0 aliphatic rings. The van der Waals surface area contributed by atoms with E-state index in [0.29, 0.717) is 15.7 Å². The fraction of sp³-hybridized carbons (Fsp3) is 0.125. The Morgan fingerprint density at radius 3 is 2.27 bits per heavy atom. The second kappa shape index (κ2) is 6.73. The average Bonchev–Trinajstić information content (AvgIpc) is 2.48. The van der Waals surface area contributed by atoms with Crippen LogP contribution < -0.4 is 4.31 Å². The van der Waals surface area contributed by atoms with Gasteiger partial charge in [0.15, 0.2) is 0 Å². The van der Waals surface area contributed by atoms with E-state index >= 15 is 0 Å². The van der Waals surface area contributed by atoms with Crippen molar-refractivity contribution in [3.63, 3.8) is 0 Å². The molecule has 0 spiro atoms. The fourth-order valence-corrected chi connectivity index (χ4v) is 3.66. The van der Waals surface area contributed by atoms with Gasteiger partial charge in [0.05, 0.1) is 27.2 Å². The minimum atomic E-state index is -3.70. The summed E-state index contributed by atoms with van der Waals surface area (Å²) in [5.41, 5.74) is 1.43. The molecular formula is C16H15Cl2NO2S. The van der Waals surface area contributed by atoms with Crippen molar-refractivity contribution in [1.82, 2.24) is 0 Å². The molecule has 0 unspecified atom stereocenters. The third kappa shape index (κ3) is 3.46. The highest BCUT2D eigenvalue weighted by atomic mass is 35.5. The summed E-state index contributed by atoms with van der Waals surface area (Å²) in [6.07, 6.45) is 1.52. The number of hydrogen-bond acceptors (Lipinski definition) is 2. The van der Waals surface area contributed by atoms with E-state index in [2.05, 4.69) is 6.58 Å². The number of sulfonamides is 1. The number of hydrogen-bond donors (Lipinski definition) is 0. The highest BCUT2D eigenvalue weighted by Crippen LogP contribution is 2.30. The molecule has 0 saturated heterocycles.